The number of para-hydroxylation sites is 1. The fourth-order valence-electron chi connectivity index (χ4n) is 2.94. The maximum atomic E-state index is 12.7. The number of hydrogen-bond acceptors (Lipinski definition) is 3. The number of β-amino-alcohol motifs (C(OH)–C–C–N with tert-alkyl or cyclic N) is 1. The van der Waals surface area contributed by atoms with E-state index in [1.807, 2.05) is 35.9 Å². The molecule has 1 fully saturated rings. The summed E-state index contributed by atoms with van der Waals surface area (Å²) in [5.74, 6) is -1.43. The Morgan fingerprint density at radius 2 is 2.00 bits per heavy atom. The zero-order valence-corrected chi connectivity index (χ0v) is 11.6. The van der Waals surface area contributed by atoms with E-state index in [2.05, 4.69) is 0 Å². The van der Waals surface area contributed by atoms with Crippen LogP contribution in [-0.4, -0.2) is 50.2 Å². The number of carboxylic acid groups (broad SMARTS) is 1. The second kappa shape index (κ2) is 4.89. The van der Waals surface area contributed by atoms with Crippen LogP contribution in [0.15, 0.2) is 30.5 Å². The van der Waals surface area contributed by atoms with Crippen molar-refractivity contribution in [2.24, 2.45) is 7.05 Å². The van der Waals surface area contributed by atoms with Gasteiger partial charge in [0.2, 0.25) is 0 Å². The van der Waals surface area contributed by atoms with Crippen LogP contribution in [0.2, 0.25) is 0 Å². The monoisotopic (exact) mass is 288 g/mol. The molecular weight excluding hydrogens is 272 g/mol. The van der Waals surface area contributed by atoms with E-state index in [1.54, 1.807) is 6.20 Å². The number of aliphatic hydroxyl groups is 1. The highest BCUT2D eigenvalue weighted by Crippen LogP contribution is 2.26. The number of nitrogens with zero attached hydrogens (tertiary/aromatic N) is 2. The number of likely N-dealkylation sites (tertiary alicyclic amines) is 1. The van der Waals surface area contributed by atoms with Crippen molar-refractivity contribution in [2.45, 2.75) is 18.6 Å². The normalized spacial score (nSPS) is 21.9. The van der Waals surface area contributed by atoms with E-state index in [4.69, 9.17) is 0 Å². The Kier molecular flexibility index (Phi) is 3.17. The third-order valence-corrected chi connectivity index (χ3v) is 3.95. The van der Waals surface area contributed by atoms with Crippen LogP contribution in [0.5, 0.6) is 0 Å². The summed E-state index contributed by atoms with van der Waals surface area (Å²) in [6, 6.07) is 6.50. The number of rotatable bonds is 2. The Morgan fingerprint density at radius 1 is 1.29 bits per heavy atom. The number of carbonyl (C=O) groups is 2. The molecule has 0 spiro atoms. The lowest BCUT2D eigenvalue weighted by molar-refractivity contribution is -0.141. The van der Waals surface area contributed by atoms with Crippen molar-refractivity contribution in [3.05, 3.63) is 36.0 Å². The average molecular weight is 288 g/mol. The number of aliphatic hydroxyl groups excluding tert-OH is 1. The van der Waals surface area contributed by atoms with Gasteiger partial charge in [-0.25, -0.2) is 4.79 Å². The summed E-state index contributed by atoms with van der Waals surface area (Å²) >= 11 is 0. The van der Waals surface area contributed by atoms with Crippen molar-refractivity contribution in [3.8, 4) is 0 Å². The number of fused-ring (bicyclic) bond motifs is 1. The first-order chi connectivity index (χ1) is 9.99. The third kappa shape index (κ3) is 2.17. The molecule has 1 aromatic heterocycles. The minimum absolute atomic E-state index is 0.0546. The molecule has 2 atom stereocenters. The molecule has 2 N–H and O–H groups in total. The fraction of sp³-hybridized carbons (Fsp3) is 0.333. The van der Waals surface area contributed by atoms with Crippen LogP contribution in [0, 0.1) is 0 Å². The van der Waals surface area contributed by atoms with Crippen molar-refractivity contribution < 1.29 is 19.8 Å². The fourth-order valence-corrected chi connectivity index (χ4v) is 2.94. The number of aliphatic carboxylic acids is 1. The summed E-state index contributed by atoms with van der Waals surface area (Å²) in [5.41, 5.74) is 1.38. The lowest BCUT2D eigenvalue weighted by atomic mass is 10.1. The Hall–Kier alpha value is -2.34. The van der Waals surface area contributed by atoms with E-state index in [9.17, 15) is 19.8 Å². The number of hydrogen-bond donors (Lipinski definition) is 2. The molecule has 2 aromatic rings. The molecule has 3 rings (SSSR count). The van der Waals surface area contributed by atoms with Gasteiger partial charge < -0.3 is 19.7 Å². The molecule has 0 bridgehead atoms. The number of amides is 1. The van der Waals surface area contributed by atoms with Gasteiger partial charge in [-0.2, -0.15) is 0 Å². The van der Waals surface area contributed by atoms with Crippen molar-refractivity contribution in [1.82, 2.24) is 9.47 Å². The van der Waals surface area contributed by atoms with Gasteiger partial charge in [-0.3, -0.25) is 4.79 Å². The number of carboxylic acids is 1. The van der Waals surface area contributed by atoms with Gasteiger partial charge in [0.1, 0.15) is 6.04 Å². The molecule has 0 radical (unpaired) electrons. The molecular formula is C15H16N2O4. The first-order valence-corrected chi connectivity index (χ1v) is 6.75. The van der Waals surface area contributed by atoms with Crippen LogP contribution in [0.3, 0.4) is 0 Å². The minimum Gasteiger partial charge on any atom is -0.480 e. The highest BCUT2D eigenvalue weighted by molar-refractivity contribution is 6.08. The first kappa shape index (κ1) is 13.6. The molecule has 1 aromatic carbocycles. The van der Waals surface area contributed by atoms with Crippen molar-refractivity contribution >= 4 is 22.8 Å². The highest BCUT2D eigenvalue weighted by Gasteiger charge is 2.39. The van der Waals surface area contributed by atoms with Gasteiger partial charge in [-0.05, 0) is 6.07 Å². The molecule has 0 aliphatic carbocycles. The molecule has 0 unspecified atom stereocenters. The van der Waals surface area contributed by atoms with Crippen LogP contribution < -0.4 is 0 Å². The van der Waals surface area contributed by atoms with Gasteiger partial charge in [0.25, 0.3) is 5.91 Å². The molecule has 6 nitrogen and oxygen atoms in total. The highest BCUT2D eigenvalue weighted by atomic mass is 16.4. The molecule has 21 heavy (non-hydrogen) atoms. The van der Waals surface area contributed by atoms with Crippen LogP contribution in [0.4, 0.5) is 0 Å². The van der Waals surface area contributed by atoms with Gasteiger partial charge in [-0.1, -0.05) is 18.2 Å². The van der Waals surface area contributed by atoms with E-state index in [0.29, 0.717) is 5.56 Å². The van der Waals surface area contributed by atoms with Gasteiger partial charge >= 0.3 is 5.97 Å². The molecule has 1 saturated heterocycles. The lowest BCUT2D eigenvalue weighted by Gasteiger charge is -2.20. The van der Waals surface area contributed by atoms with E-state index >= 15 is 0 Å². The van der Waals surface area contributed by atoms with Crippen LogP contribution in [0.25, 0.3) is 10.9 Å². The van der Waals surface area contributed by atoms with E-state index in [-0.39, 0.29) is 18.9 Å². The van der Waals surface area contributed by atoms with Crippen LogP contribution >= 0.6 is 0 Å². The summed E-state index contributed by atoms with van der Waals surface area (Å²) in [5, 5.41) is 19.7. The van der Waals surface area contributed by atoms with Crippen LogP contribution in [-0.2, 0) is 11.8 Å². The van der Waals surface area contributed by atoms with Crippen LogP contribution in [0.1, 0.15) is 16.8 Å². The van der Waals surface area contributed by atoms with Gasteiger partial charge in [-0.15, -0.1) is 0 Å². The van der Waals surface area contributed by atoms with E-state index in [1.165, 1.54) is 4.90 Å². The zero-order chi connectivity index (χ0) is 15.1. The number of aromatic nitrogens is 1. The Labute approximate surface area is 121 Å². The Balaban J connectivity index is 2.02. The topological polar surface area (TPSA) is 82.8 Å². The maximum Gasteiger partial charge on any atom is 0.326 e. The van der Waals surface area contributed by atoms with Gasteiger partial charge in [0.15, 0.2) is 0 Å². The lowest BCUT2D eigenvalue weighted by Crippen LogP contribution is -2.40. The quantitative estimate of drug-likeness (QED) is 0.858. The molecule has 1 aliphatic heterocycles. The second-order valence-electron chi connectivity index (χ2n) is 5.37. The van der Waals surface area contributed by atoms with Gasteiger partial charge in [0.05, 0.1) is 11.7 Å². The SMILES string of the molecule is Cn1cc(C(=O)N2C[C@H](O)C[C@H]2C(=O)O)c2ccccc21. The molecule has 2 heterocycles. The summed E-state index contributed by atoms with van der Waals surface area (Å²) in [6.45, 7) is 0.0546. The first-order valence-electron chi connectivity index (χ1n) is 6.75. The Bertz CT molecular complexity index is 722. The third-order valence-electron chi connectivity index (χ3n) is 3.95. The summed E-state index contributed by atoms with van der Waals surface area (Å²) in [6.07, 6.45) is 0.993. The number of carbonyl (C=O) groups excluding carboxylic acids is 1. The predicted octanol–water partition coefficient (Wildman–Crippen LogP) is 0.838. The van der Waals surface area contributed by atoms with Crippen molar-refractivity contribution in [3.63, 3.8) is 0 Å². The Morgan fingerprint density at radius 3 is 2.71 bits per heavy atom. The summed E-state index contributed by atoms with van der Waals surface area (Å²) in [7, 11) is 1.84. The zero-order valence-electron chi connectivity index (χ0n) is 11.6. The van der Waals surface area contributed by atoms with Crippen molar-refractivity contribution in [1.29, 1.82) is 0 Å². The molecule has 1 amide bonds. The summed E-state index contributed by atoms with van der Waals surface area (Å²) < 4.78 is 1.84. The average Bonchev–Trinajstić information content (AvgIpc) is 3.00. The molecule has 1 aliphatic rings. The van der Waals surface area contributed by atoms with E-state index < -0.39 is 18.1 Å². The minimum atomic E-state index is -1.08. The maximum absolute atomic E-state index is 12.7. The number of aryl methyl sites for hydroxylation is 1. The largest absolute Gasteiger partial charge is 0.480 e. The standard InChI is InChI=1S/C15H16N2O4/c1-16-8-11(10-4-2-3-5-12(10)16)14(19)17-7-9(18)6-13(17)15(20)21/h2-5,8-9,13,18H,6-7H2,1H3,(H,20,21)/t9-,13+/m1/s1. The van der Waals surface area contributed by atoms with Gasteiger partial charge in [0, 0.05) is 37.1 Å². The molecule has 6 heteroatoms. The predicted molar refractivity (Wildman–Crippen MR) is 76.0 cm³/mol. The smallest absolute Gasteiger partial charge is 0.326 e. The molecule has 110 valence electrons. The second-order valence-corrected chi connectivity index (χ2v) is 5.37. The van der Waals surface area contributed by atoms with E-state index in [0.717, 1.165) is 10.9 Å². The molecule has 0 saturated carbocycles. The summed E-state index contributed by atoms with van der Waals surface area (Å²) in [4.78, 5) is 25.2. The van der Waals surface area contributed by atoms with Crippen molar-refractivity contribution in [2.75, 3.05) is 6.54 Å². The number of benzene rings is 1.